The molecule has 1 N–H and O–H groups in total. The number of piperazine rings is 1. The van der Waals surface area contributed by atoms with Crippen molar-refractivity contribution in [2.75, 3.05) is 32.8 Å². The van der Waals surface area contributed by atoms with Crippen molar-refractivity contribution in [3.05, 3.63) is 29.8 Å². The zero-order valence-corrected chi connectivity index (χ0v) is 16.1. The molecule has 1 aliphatic heterocycles. The highest BCUT2D eigenvalue weighted by atomic mass is 32.2. The van der Waals surface area contributed by atoms with Crippen molar-refractivity contribution in [2.45, 2.75) is 31.7 Å². The maximum atomic E-state index is 12.4. The summed E-state index contributed by atoms with van der Waals surface area (Å²) in [4.78, 5) is 27.6. The summed E-state index contributed by atoms with van der Waals surface area (Å²) in [6.07, 6.45) is -0.369. The van der Waals surface area contributed by atoms with E-state index >= 15 is 0 Å². The summed E-state index contributed by atoms with van der Waals surface area (Å²) >= 11 is 0. The largest absolute Gasteiger partial charge is 0.450 e. The van der Waals surface area contributed by atoms with Gasteiger partial charge in [0.25, 0.3) is 15.9 Å². The summed E-state index contributed by atoms with van der Waals surface area (Å²) in [6, 6.07) is 5.66. The lowest BCUT2D eigenvalue weighted by Crippen LogP contribution is -2.55. The average molecular weight is 383 g/mol. The van der Waals surface area contributed by atoms with Crippen molar-refractivity contribution in [3.63, 3.8) is 0 Å². The van der Waals surface area contributed by atoms with Gasteiger partial charge in [-0.2, -0.15) is 0 Å². The molecule has 1 heterocycles. The normalized spacial score (nSPS) is 16.8. The van der Waals surface area contributed by atoms with Crippen LogP contribution in [0.5, 0.6) is 0 Å². The number of nitrogens with one attached hydrogen (secondary N) is 1. The molecule has 2 rings (SSSR count). The van der Waals surface area contributed by atoms with Crippen LogP contribution in [0.2, 0.25) is 0 Å². The smallest absolute Gasteiger partial charge is 0.409 e. The van der Waals surface area contributed by atoms with Crippen molar-refractivity contribution in [2.24, 2.45) is 0 Å². The molecule has 1 unspecified atom stereocenters. The molecule has 1 aromatic rings. The second-order valence-electron chi connectivity index (χ2n) is 6.18. The lowest BCUT2D eigenvalue weighted by molar-refractivity contribution is -0.124. The number of benzene rings is 1. The topological polar surface area (TPSA) is 96.0 Å². The van der Waals surface area contributed by atoms with E-state index in [1.807, 2.05) is 11.8 Å². The lowest BCUT2D eigenvalue weighted by Gasteiger charge is -2.36. The standard InChI is InChI=1S/C17H25N3O5S/c1-4-25-17(22)20-11-9-19(10-12-20)14(3)16(21)18-26(23,24)15-7-5-13(2)6-8-15/h5-8,14H,4,9-12H2,1-3H3,(H,18,21). The van der Waals surface area contributed by atoms with Crippen LogP contribution < -0.4 is 4.72 Å². The summed E-state index contributed by atoms with van der Waals surface area (Å²) in [5.74, 6) is -0.588. The molecule has 26 heavy (non-hydrogen) atoms. The Bertz CT molecular complexity index is 740. The summed E-state index contributed by atoms with van der Waals surface area (Å²) in [6.45, 7) is 7.37. The first-order valence-electron chi connectivity index (χ1n) is 8.53. The molecule has 0 bridgehead atoms. The molecule has 0 aliphatic carbocycles. The number of hydrogen-bond donors (Lipinski definition) is 1. The van der Waals surface area contributed by atoms with Crippen molar-refractivity contribution in [3.8, 4) is 0 Å². The highest BCUT2D eigenvalue weighted by Crippen LogP contribution is 2.12. The molecule has 9 heteroatoms. The number of carbonyl (C=O) groups excluding carboxylic acids is 2. The first-order valence-corrected chi connectivity index (χ1v) is 10.0. The quantitative estimate of drug-likeness (QED) is 0.814. The molecule has 1 aliphatic rings. The molecular weight excluding hydrogens is 358 g/mol. The van der Waals surface area contributed by atoms with Crippen LogP contribution in [-0.4, -0.2) is 69.0 Å². The summed E-state index contributed by atoms with van der Waals surface area (Å²) in [5.41, 5.74) is 0.933. The van der Waals surface area contributed by atoms with Gasteiger partial charge in [0.15, 0.2) is 0 Å². The second kappa shape index (κ2) is 8.50. The number of carbonyl (C=O) groups is 2. The fourth-order valence-electron chi connectivity index (χ4n) is 2.67. The van der Waals surface area contributed by atoms with Crippen molar-refractivity contribution in [1.82, 2.24) is 14.5 Å². The zero-order valence-electron chi connectivity index (χ0n) is 15.3. The summed E-state index contributed by atoms with van der Waals surface area (Å²) in [5, 5.41) is 0. The molecule has 0 aromatic heterocycles. The second-order valence-corrected chi connectivity index (χ2v) is 7.86. The van der Waals surface area contributed by atoms with Crippen molar-refractivity contribution in [1.29, 1.82) is 0 Å². The fourth-order valence-corrected chi connectivity index (χ4v) is 3.71. The third kappa shape index (κ3) is 4.95. The van der Waals surface area contributed by atoms with E-state index in [9.17, 15) is 18.0 Å². The number of sulfonamides is 1. The minimum Gasteiger partial charge on any atom is -0.450 e. The van der Waals surface area contributed by atoms with Gasteiger partial charge in [-0.15, -0.1) is 0 Å². The van der Waals surface area contributed by atoms with Gasteiger partial charge >= 0.3 is 6.09 Å². The van der Waals surface area contributed by atoms with Crippen LogP contribution in [0.1, 0.15) is 19.4 Å². The molecule has 0 saturated carbocycles. The molecule has 2 amide bonds. The van der Waals surface area contributed by atoms with E-state index in [-0.39, 0.29) is 11.0 Å². The zero-order chi connectivity index (χ0) is 19.3. The van der Waals surface area contributed by atoms with E-state index in [0.29, 0.717) is 32.8 Å². The summed E-state index contributed by atoms with van der Waals surface area (Å²) < 4.78 is 31.8. The molecule has 1 saturated heterocycles. The van der Waals surface area contributed by atoms with Crippen LogP contribution in [0.15, 0.2) is 29.2 Å². The summed E-state index contributed by atoms with van der Waals surface area (Å²) in [7, 11) is -3.90. The van der Waals surface area contributed by atoms with Gasteiger partial charge in [0, 0.05) is 26.2 Å². The van der Waals surface area contributed by atoms with E-state index in [0.717, 1.165) is 5.56 Å². The van der Waals surface area contributed by atoms with Gasteiger partial charge in [-0.25, -0.2) is 17.9 Å². The third-order valence-corrected chi connectivity index (χ3v) is 5.70. The van der Waals surface area contributed by atoms with Gasteiger partial charge in [0.2, 0.25) is 0 Å². The lowest BCUT2D eigenvalue weighted by atomic mass is 10.2. The van der Waals surface area contributed by atoms with E-state index in [4.69, 9.17) is 4.74 Å². The Hall–Kier alpha value is -2.13. The molecule has 0 radical (unpaired) electrons. The minimum absolute atomic E-state index is 0.0516. The molecule has 144 valence electrons. The highest BCUT2D eigenvalue weighted by Gasteiger charge is 2.30. The van der Waals surface area contributed by atoms with Crippen LogP contribution in [0.4, 0.5) is 4.79 Å². The Kier molecular flexibility index (Phi) is 6.60. The van der Waals surface area contributed by atoms with E-state index in [1.54, 1.807) is 30.9 Å². The van der Waals surface area contributed by atoms with Crippen molar-refractivity contribution < 1.29 is 22.7 Å². The Balaban J connectivity index is 1.93. The third-order valence-electron chi connectivity index (χ3n) is 4.33. The van der Waals surface area contributed by atoms with Gasteiger partial charge in [-0.05, 0) is 32.9 Å². The predicted octanol–water partition coefficient (Wildman–Crippen LogP) is 0.963. The molecule has 1 aromatic carbocycles. The number of rotatable bonds is 5. The highest BCUT2D eigenvalue weighted by molar-refractivity contribution is 7.90. The monoisotopic (exact) mass is 383 g/mol. The van der Waals surface area contributed by atoms with Gasteiger partial charge in [0.05, 0.1) is 17.5 Å². The number of ether oxygens (including phenoxy) is 1. The SMILES string of the molecule is CCOC(=O)N1CCN(C(C)C(=O)NS(=O)(=O)c2ccc(C)cc2)CC1. The molecular formula is C17H25N3O5S. The van der Waals surface area contributed by atoms with Gasteiger partial charge in [0.1, 0.15) is 0 Å². The predicted molar refractivity (Wildman–Crippen MR) is 96.1 cm³/mol. The van der Waals surface area contributed by atoms with Gasteiger partial charge < -0.3 is 9.64 Å². The van der Waals surface area contributed by atoms with E-state index in [2.05, 4.69) is 4.72 Å². The minimum atomic E-state index is -3.90. The Labute approximate surface area is 154 Å². The Morgan fingerprint density at radius 2 is 1.73 bits per heavy atom. The van der Waals surface area contributed by atoms with Crippen LogP contribution in [0, 0.1) is 6.92 Å². The first-order chi connectivity index (χ1) is 12.2. The van der Waals surface area contributed by atoms with Crippen LogP contribution in [0.3, 0.4) is 0 Å². The molecule has 1 fully saturated rings. The van der Waals surface area contributed by atoms with E-state index in [1.165, 1.54) is 12.1 Å². The van der Waals surface area contributed by atoms with E-state index < -0.39 is 22.0 Å². The average Bonchev–Trinajstić information content (AvgIpc) is 2.61. The van der Waals surface area contributed by atoms with Gasteiger partial charge in [-0.1, -0.05) is 17.7 Å². The van der Waals surface area contributed by atoms with Crippen molar-refractivity contribution >= 4 is 22.0 Å². The number of amides is 2. The van der Waals surface area contributed by atoms with Crippen LogP contribution in [-0.2, 0) is 19.6 Å². The van der Waals surface area contributed by atoms with Crippen LogP contribution in [0.25, 0.3) is 0 Å². The maximum absolute atomic E-state index is 12.4. The number of hydrogen-bond acceptors (Lipinski definition) is 6. The number of nitrogens with zero attached hydrogens (tertiary/aromatic N) is 2. The fraction of sp³-hybridized carbons (Fsp3) is 0.529. The number of aryl methyl sites for hydroxylation is 1. The molecule has 8 nitrogen and oxygen atoms in total. The van der Waals surface area contributed by atoms with Gasteiger partial charge in [-0.3, -0.25) is 9.69 Å². The molecule has 1 atom stereocenters. The maximum Gasteiger partial charge on any atom is 0.409 e. The van der Waals surface area contributed by atoms with Crippen LogP contribution >= 0.6 is 0 Å². The molecule has 0 spiro atoms. The first kappa shape index (κ1) is 20.2. The Morgan fingerprint density at radius 1 is 1.15 bits per heavy atom. The Morgan fingerprint density at radius 3 is 2.27 bits per heavy atom.